The lowest BCUT2D eigenvalue weighted by Gasteiger charge is -2.12. The van der Waals surface area contributed by atoms with Crippen molar-refractivity contribution in [1.29, 1.82) is 0 Å². The molecule has 1 aromatic carbocycles. The van der Waals surface area contributed by atoms with Crippen LogP contribution in [0.15, 0.2) is 34.4 Å². The molecule has 0 saturated heterocycles. The average Bonchev–Trinajstić information content (AvgIpc) is 2.47. The maximum absolute atomic E-state index is 11.6. The van der Waals surface area contributed by atoms with Crippen molar-refractivity contribution in [3.63, 3.8) is 0 Å². The van der Waals surface area contributed by atoms with Gasteiger partial charge in [-0.05, 0) is 28.1 Å². The Kier molecular flexibility index (Phi) is 5.92. The number of nitrogens with one attached hydrogen (secondary N) is 1. The highest BCUT2D eigenvalue weighted by Crippen LogP contribution is 2.27. The Hall–Kier alpha value is -2.35. The predicted octanol–water partition coefficient (Wildman–Crippen LogP) is 1.79. The van der Waals surface area contributed by atoms with Gasteiger partial charge in [-0.15, -0.1) is 0 Å². The van der Waals surface area contributed by atoms with Crippen molar-refractivity contribution in [2.75, 3.05) is 19.5 Å². The number of carbonyl (C=O) groups is 3. The number of carboxylic acids is 1. The second-order valence-corrected chi connectivity index (χ2v) is 4.46. The maximum Gasteiger partial charge on any atom is 0.354 e. The number of hydrogen-bond donors (Lipinski definition) is 2. The number of esters is 2. The van der Waals surface area contributed by atoms with Crippen molar-refractivity contribution in [1.82, 2.24) is 0 Å². The van der Waals surface area contributed by atoms with E-state index < -0.39 is 17.9 Å². The summed E-state index contributed by atoms with van der Waals surface area (Å²) in [6.45, 7) is 0. The fraction of sp³-hybridized carbons (Fsp3) is 0.154. The molecule has 21 heavy (non-hydrogen) atoms. The van der Waals surface area contributed by atoms with Gasteiger partial charge in [0, 0.05) is 0 Å². The molecule has 7 nitrogen and oxygen atoms in total. The van der Waals surface area contributed by atoms with Gasteiger partial charge in [0.25, 0.3) is 0 Å². The molecular weight excluding hydrogens is 346 g/mol. The summed E-state index contributed by atoms with van der Waals surface area (Å²) < 4.78 is 9.21. The fourth-order valence-corrected chi connectivity index (χ4v) is 1.90. The zero-order valence-electron chi connectivity index (χ0n) is 11.2. The summed E-state index contributed by atoms with van der Waals surface area (Å²) in [7, 11) is 2.31. The lowest BCUT2D eigenvalue weighted by atomic mass is 10.2. The molecule has 0 amide bonds. The van der Waals surface area contributed by atoms with Crippen LogP contribution in [0.5, 0.6) is 0 Å². The number of benzene rings is 1. The van der Waals surface area contributed by atoms with E-state index in [1.54, 1.807) is 0 Å². The number of carbonyl (C=O) groups excluding carboxylic acids is 2. The SMILES string of the molecule is COC(=O)/C=C(/Nc1cccc(C(=O)O)c1Br)C(=O)OC. The first-order chi connectivity index (χ1) is 9.90. The zero-order chi connectivity index (χ0) is 16.0. The van der Waals surface area contributed by atoms with Gasteiger partial charge in [-0.25, -0.2) is 14.4 Å². The van der Waals surface area contributed by atoms with Gasteiger partial charge < -0.3 is 19.9 Å². The highest BCUT2D eigenvalue weighted by Gasteiger charge is 2.17. The molecule has 0 aliphatic heterocycles. The van der Waals surface area contributed by atoms with Gasteiger partial charge in [-0.1, -0.05) is 6.07 Å². The van der Waals surface area contributed by atoms with E-state index in [1.165, 1.54) is 18.2 Å². The van der Waals surface area contributed by atoms with Gasteiger partial charge >= 0.3 is 17.9 Å². The first-order valence-corrected chi connectivity index (χ1v) is 6.36. The molecule has 0 aromatic heterocycles. The smallest absolute Gasteiger partial charge is 0.354 e. The van der Waals surface area contributed by atoms with Crippen molar-refractivity contribution >= 4 is 39.5 Å². The largest absolute Gasteiger partial charge is 0.478 e. The number of anilines is 1. The molecule has 0 aliphatic carbocycles. The number of carboxylic acid groups (broad SMARTS) is 1. The van der Waals surface area contributed by atoms with E-state index in [-0.39, 0.29) is 21.4 Å². The minimum Gasteiger partial charge on any atom is -0.478 e. The summed E-state index contributed by atoms with van der Waals surface area (Å²) in [6.07, 6.45) is 0.908. The van der Waals surface area contributed by atoms with Crippen molar-refractivity contribution in [3.05, 3.63) is 40.0 Å². The Labute approximate surface area is 128 Å². The summed E-state index contributed by atoms with van der Waals surface area (Å²) in [5, 5.41) is 11.7. The summed E-state index contributed by atoms with van der Waals surface area (Å²) in [4.78, 5) is 33.9. The summed E-state index contributed by atoms with van der Waals surface area (Å²) in [5.41, 5.74) is 0.102. The molecule has 0 unspecified atom stereocenters. The Balaban J connectivity index is 3.19. The van der Waals surface area contributed by atoms with Gasteiger partial charge in [-0.3, -0.25) is 0 Å². The van der Waals surface area contributed by atoms with Gasteiger partial charge in [-0.2, -0.15) is 0 Å². The minimum atomic E-state index is -1.14. The number of aromatic carboxylic acids is 1. The van der Waals surface area contributed by atoms with E-state index in [4.69, 9.17) is 5.11 Å². The molecule has 0 atom stereocenters. The van der Waals surface area contributed by atoms with E-state index >= 15 is 0 Å². The third kappa shape index (κ3) is 4.32. The molecule has 8 heteroatoms. The van der Waals surface area contributed by atoms with Crippen molar-refractivity contribution < 1.29 is 29.0 Å². The quantitative estimate of drug-likeness (QED) is 0.611. The molecule has 1 rings (SSSR count). The van der Waals surface area contributed by atoms with E-state index in [1.807, 2.05) is 0 Å². The van der Waals surface area contributed by atoms with Crippen LogP contribution in [0.4, 0.5) is 5.69 Å². The Morgan fingerprint density at radius 1 is 1.24 bits per heavy atom. The van der Waals surface area contributed by atoms with E-state index in [0.717, 1.165) is 20.3 Å². The molecular formula is C13H12BrNO6. The van der Waals surface area contributed by atoms with Crippen LogP contribution in [0.2, 0.25) is 0 Å². The molecule has 0 aliphatic rings. The molecule has 0 bridgehead atoms. The molecule has 112 valence electrons. The van der Waals surface area contributed by atoms with Crippen LogP contribution in [0.25, 0.3) is 0 Å². The van der Waals surface area contributed by atoms with Crippen LogP contribution in [0.3, 0.4) is 0 Å². The lowest BCUT2D eigenvalue weighted by Crippen LogP contribution is -2.16. The predicted molar refractivity (Wildman–Crippen MR) is 76.8 cm³/mol. The standard InChI is InChI=1S/C13H12BrNO6/c1-20-10(16)6-9(13(19)21-2)15-8-5-3-4-7(11(8)14)12(17)18/h3-6,15H,1-2H3,(H,17,18)/b9-6+. The van der Waals surface area contributed by atoms with Gasteiger partial charge in [0.1, 0.15) is 5.70 Å². The van der Waals surface area contributed by atoms with Gasteiger partial charge in [0.2, 0.25) is 0 Å². The normalized spacial score (nSPS) is 10.7. The summed E-state index contributed by atoms with van der Waals surface area (Å²) in [5.74, 6) is -2.69. The van der Waals surface area contributed by atoms with Crippen LogP contribution in [-0.2, 0) is 19.1 Å². The molecule has 1 aromatic rings. The highest BCUT2D eigenvalue weighted by molar-refractivity contribution is 9.10. The number of methoxy groups -OCH3 is 2. The molecule has 0 fully saturated rings. The third-order valence-electron chi connectivity index (χ3n) is 2.37. The number of rotatable bonds is 5. The van der Waals surface area contributed by atoms with E-state index in [9.17, 15) is 14.4 Å². The second kappa shape index (κ2) is 7.44. The van der Waals surface area contributed by atoms with Crippen LogP contribution in [-0.4, -0.2) is 37.2 Å². The maximum atomic E-state index is 11.6. The summed E-state index contributed by atoms with van der Waals surface area (Å²) in [6, 6.07) is 4.41. The van der Waals surface area contributed by atoms with Crippen LogP contribution in [0.1, 0.15) is 10.4 Å². The minimum absolute atomic E-state index is 0.00211. The first kappa shape index (κ1) is 16.7. The van der Waals surface area contributed by atoms with Crippen LogP contribution < -0.4 is 5.32 Å². The Morgan fingerprint density at radius 2 is 1.90 bits per heavy atom. The Bertz CT molecular complexity index is 611. The average molecular weight is 358 g/mol. The molecule has 0 spiro atoms. The van der Waals surface area contributed by atoms with Crippen molar-refractivity contribution in [3.8, 4) is 0 Å². The third-order valence-corrected chi connectivity index (χ3v) is 3.22. The van der Waals surface area contributed by atoms with Crippen LogP contribution >= 0.6 is 15.9 Å². The number of hydrogen-bond acceptors (Lipinski definition) is 6. The number of halogens is 1. The monoisotopic (exact) mass is 357 g/mol. The zero-order valence-corrected chi connectivity index (χ0v) is 12.8. The van der Waals surface area contributed by atoms with E-state index in [0.29, 0.717) is 0 Å². The van der Waals surface area contributed by atoms with Crippen molar-refractivity contribution in [2.24, 2.45) is 0 Å². The molecule has 0 saturated carbocycles. The highest BCUT2D eigenvalue weighted by atomic mass is 79.9. The molecule has 2 N–H and O–H groups in total. The summed E-state index contributed by atoms with van der Waals surface area (Å²) >= 11 is 3.13. The van der Waals surface area contributed by atoms with Gasteiger partial charge in [0.15, 0.2) is 0 Å². The topological polar surface area (TPSA) is 102 Å². The van der Waals surface area contributed by atoms with Crippen LogP contribution in [0, 0.1) is 0 Å². The van der Waals surface area contributed by atoms with E-state index in [2.05, 4.69) is 30.7 Å². The van der Waals surface area contributed by atoms with Crippen molar-refractivity contribution in [2.45, 2.75) is 0 Å². The fourth-order valence-electron chi connectivity index (χ4n) is 1.37. The lowest BCUT2D eigenvalue weighted by molar-refractivity contribution is -0.138. The molecule has 0 heterocycles. The van der Waals surface area contributed by atoms with Gasteiger partial charge in [0.05, 0.1) is 36.0 Å². The Morgan fingerprint density at radius 3 is 2.43 bits per heavy atom. The number of ether oxygens (including phenoxy) is 2. The molecule has 0 radical (unpaired) electrons. The first-order valence-electron chi connectivity index (χ1n) is 5.57. The second-order valence-electron chi connectivity index (χ2n) is 3.67.